The van der Waals surface area contributed by atoms with Gasteiger partial charge in [-0.05, 0) is 62.6 Å². The second kappa shape index (κ2) is 8.55. The Hall–Kier alpha value is -0.860. The molecule has 2 unspecified atom stereocenters. The summed E-state index contributed by atoms with van der Waals surface area (Å²) in [6, 6.07) is 11.0. The Labute approximate surface area is 130 Å². The van der Waals surface area contributed by atoms with Crippen LogP contribution in [-0.2, 0) is 6.42 Å². The summed E-state index contributed by atoms with van der Waals surface area (Å²) in [5, 5.41) is 0. The summed E-state index contributed by atoms with van der Waals surface area (Å²) in [7, 11) is 0. The van der Waals surface area contributed by atoms with Crippen molar-refractivity contribution in [2.75, 3.05) is 19.6 Å². The summed E-state index contributed by atoms with van der Waals surface area (Å²) in [5.41, 5.74) is 7.76. The van der Waals surface area contributed by atoms with Crippen LogP contribution in [0.5, 0.6) is 0 Å². The van der Waals surface area contributed by atoms with E-state index in [4.69, 9.17) is 5.73 Å². The van der Waals surface area contributed by atoms with Gasteiger partial charge in [0.05, 0.1) is 0 Å². The molecular formula is C19H32N2. The lowest BCUT2D eigenvalue weighted by Gasteiger charge is -2.24. The molecular weight excluding hydrogens is 256 g/mol. The molecule has 1 heterocycles. The molecule has 2 atom stereocenters. The molecule has 0 bridgehead atoms. The Kier molecular flexibility index (Phi) is 6.72. The molecule has 2 N–H and O–H groups in total. The van der Waals surface area contributed by atoms with Crippen LogP contribution in [0.2, 0.25) is 0 Å². The first-order chi connectivity index (χ1) is 10.1. The Morgan fingerprint density at radius 1 is 1.14 bits per heavy atom. The van der Waals surface area contributed by atoms with Crippen molar-refractivity contribution in [1.82, 2.24) is 4.90 Å². The van der Waals surface area contributed by atoms with Gasteiger partial charge in [0, 0.05) is 12.6 Å². The van der Waals surface area contributed by atoms with Gasteiger partial charge in [0.2, 0.25) is 0 Å². The molecule has 0 saturated carbocycles. The second-order valence-electron chi connectivity index (χ2n) is 7.02. The van der Waals surface area contributed by atoms with Crippen LogP contribution in [0, 0.1) is 11.8 Å². The van der Waals surface area contributed by atoms with Gasteiger partial charge in [-0.3, -0.25) is 0 Å². The summed E-state index contributed by atoms with van der Waals surface area (Å²) in [5.74, 6) is 1.74. The SMILES string of the molecule is CC(C)C1CCCN(CC(N)CCc2ccccc2)CC1. The predicted molar refractivity (Wildman–Crippen MR) is 91.4 cm³/mol. The highest BCUT2D eigenvalue weighted by molar-refractivity contribution is 5.14. The number of aryl methyl sites for hydroxylation is 1. The summed E-state index contributed by atoms with van der Waals surface area (Å²) in [6.45, 7) is 8.28. The van der Waals surface area contributed by atoms with Gasteiger partial charge in [0.15, 0.2) is 0 Å². The van der Waals surface area contributed by atoms with Crippen LogP contribution in [0.15, 0.2) is 30.3 Å². The average molecular weight is 288 g/mol. The number of nitrogens with two attached hydrogens (primary N) is 1. The lowest BCUT2D eigenvalue weighted by Crippen LogP contribution is -2.38. The van der Waals surface area contributed by atoms with E-state index in [0.717, 1.165) is 31.2 Å². The van der Waals surface area contributed by atoms with Crippen LogP contribution in [0.1, 0.15) is 45.1 Å². The maximum absolute atomic E-state index is 6.36. The van der Waals surface area contributed by atoms with Crippen molar-refractivity contribution < 1.29 is 0 Å². The molecule has 2 nitrogen and oxygen atoms in total. The summed E-state index contributed by atoms with van der Waals surface area (Å²) >= 11 is 0. The molecule has 1 aliphatic rings. The van der Waals surface area contributed by atoms with E-state index in [1.54, 1.807) is 0 Å². The number of hydrogen-bond donors (Lipinski definition) is 1. The third kappa shape index (κ3) is 5.80. The smallest absolute Gasteiger partial charge is 0.0170 e. The zero-order chi connectivity index (χ0) is 15.1. The molecule has 1 aromatic carbocycles. The van der Waals surface area contributed by atoms with Crippen molar-refractivity contribution in [2.45, 2.75) is 52.0 Å². The largest absolute Gasteiger partial charge is 0.327 e. The van der Waals surface area contributed by atoms with Gasteiger partial charge < -0.3 is 10.6 Å². The second-order valence-corrected chi connectivity index (χ2v) is 7.02. The summed E-state index contributed by atoms with van der Waals surface area (Å²) in [4.78, 5) is 2.60. The molecule has 21 heavy (non-hydrogen) atoms. The normalized spacial score (nSPS) is 22.2. The highest BCUT2D eigenvalue weighted by Crippen LogP contribution is 2.24. The molecule has 1 saturated heterocycles. The topological polar surface area (TPSA) is 29.3 Å². The van der Waals surface area contributed by atoms with Crippen molar-refractivity contribution in [3.8, 4) is 0 Å². The van der Waals surface area contributed by atoms with E-state index in [-0.39, 0.29) is 0 Å². The van der Waals surface area contributed by atoms with E-state index in [1.807, 2.05) is 0 Å². The van der Waals surface area contributed by atoms with Crippen LogP contribution in [0.3, 0.4) is 0 Å². The van der Waals surface area contributed by atoms with Gasteiger partial charge in [0.25, 0.3) is 0 Å². The maximum Gasteiger partial charge on any atom is 0.0170 e. The molecule has 1 fully saturated rings. The fraction of sp³-hybridized carbons (Fsp3) is 0.684. The molecule has 0 radical (unpaired) electrons. The monoisotopic (exact) mass is 288 g/mol. The van der Waals surface area contributed by atoms with Crippen molar-refractivity contribution in [3.05, 3.63) is 35.9 Å². The first kappa shape index (κ1) is 16.5. The standard InChI is InChI=1S/C19H32N2/c1-16(2)18-9-6-13-21(14-12-18)15-19(20)11-10-17-7-4-3-5-8-17/h3-5,7-8,16,18-19H,6,9-15,20H2,1-2H3. The van der Waals surface area contributed by atoms with E-state index < -0.39 is 0 Å². The number of nitrogens with zero attached hydrogens (tertiary/aromatic N) is 1. The molecule has 2 heteroatoms. The summed E-state index contributed by atoms with van der Waals surface area (Å²) in [6.07, 6.45) is 6.28. The zero-order valence-electron chi connectivity index (χ0n) is 13.8. The van der Waals surface area contributed by atoms with Crippen molar-refractivity contribution in [2.24, 2.45) is 17.6 Å². The van der Waals surface area contributed by atoms with Gasteiger partial charge >= 0.3 is 0 Å². The highest BCUT2D eigenvalue weighted by Gasteiger charge is 2.20. The average Bonchev–Trinajstić information content (AvgIpc) is 2.72. The van der Waals surface area contributed by atoms with Crippen LogP contribution in [0.25, 0.3) is 0 Å². The third-order valence-corrected chi connectivity index (χ3v) is 4.95. The fourth-order valence-electron chi connectivity index (χ4n) is 3.45. The highest BCUT2D eigenvalue weighted by atomic mass is 15.1. The molecule has 0 spiro atoms. The van der Waals surface area contributed by atoms with Crippen molar-refractivity contribution >= 4 is 0 Å². The van der Waals surface area contributed by atoms with Gasteiger partial charge in [-0.15, -0.1) is 0 Å². The Morgan fingerprint density at radius 3 is 2.62 bits per heavy atom. The molecule has 1 aromatic rings. The van der Waals surface area contributed by atoms with Gasteiger partial charge in [0.1, 0.15) is 0 Å². The zero-order valence-corrected chi connectivity index (χ0v) is 13.8. The first-order valence-corrected chi connectivity index (χ1v) is 8.67. The van der Waals surface area contributed by atoms with Crippen molar-refractivity contribution in [1.29, 1.82) is 0 Å². The molecule has 1 aliphatic heterocycles. The van der Waals surface area contributed by atoms with Crippen LogP contribution >= 0.6 is 0 Å². The Balaban J connectivity index is 1.71. The van der Waals surface area contributed by atoms with Gasteiger partial charge in [-0.2, -0.15) is 0 Å². The lowest BCUT2D eigenvalue weighted by atomic mass is 9.89. The molecule has 0 aromatic heterocycles. The number of benzene rings is 1. The maximum atomic E-state index is 6.36. The number of rotatable bonds is 6. The minimum absolute atomic E-state index is 0.306. The van der Waals surface area contributed by atoms with E-state index in [9.17, 15) is 0 Å². The Morgan fingerprint density at radius 2 is 1.90 bits per heavy atom. The van der Waals surface area contributed by atoms with E-state index >= 15 is 0 Å². The molecule has 0 amide bonds. The molecule has 118 valence electrons. The molecule has 0 aliphatic carbocycles. The number of hydrogen-bond acceptors (Lipinski definition) is 2. The fourth-order valence-corrected chi connectivity index (χ4v) is 3.45. The summed E-state index contributed by atoms with van der Waals surface area (Å²) < 4.78 is 0. The predicted octanol–water partition coefficient (Wildman–Crippen LogP) is 3.70. The first-order valence-electron chi connectivity index (χ1n) is 8.67. The van der Waals surface area contributed by atoms with Gasteiger partial charge in [-0.25, -0.2) is 0 Å². The number of likely N-dealkylation sites (tertiary alicyclic amines) is 1. The van der Waals surface area contributed by atoms with E-state index in [0.29, 0.717) is 6.04 Å². The van der Waals surface area contributed by atoms with Crippen LogP contribution in [-0.4, -0.2) is 30.6 Å². The lowest BCUT2D eigenvalue weighted by molar-refractivity contribution is 0.253. The van der Waals surface area contributed by atoms with Crippen LogP contribution < -0.4 is 5.73 Å². The van der Waals surface area contributed by atoms with E-state index in [2.05, 4.69) is 49.1 Å². The minimum atomic E-state index is 0.306. The van der Waals surface area contributed by atoms with Gasteiger partial charge in [-0.1, -0.05) is 44.2 Å². The Bertz CT molecular complexity index is 388. The quantitative estimate of drug-likeness (QED) is 0.864. The third-order valence-electron chi connectivity index (χ3n) is 4.95. The molecule has 2 rings (SSSR count). The van der Waals surface area contributed by atoms with Crippen molar-refractivity contribution in [3.63, 3.8) is 0 Å². The van der Waals surface area contributed by atoms with Crippen LogP contribution in [0.4, 0.5) is 0 Å². The minimum Gasteiger partial charge on any atom is -0.327 e. The van der Waals surface area contributed by atoms with E-state index in [1.165, 1.54) is 37.9 Å².